The summed E-state index contributed by atoms with van der Waals surface area (Å²) in [4.78, 5) is 26.8. The number of hydrogen-bond acceptors (Lipinski definition) is 4. The molecule has 1 atom stereocenters. The molecule has 2 aromatic rings. The maximum atomic E-state index is 13.8. The topological polar surface area (TPSA) is 84.7 Å². The summed E-state index contributed by atoms with van der Waals surface area (Å²) in [6.45, 7) is 2.28. The molecule has 1 amide bonds. The van der Waals surface area contributed by atoms with Crippen LogP contribution in [-0.2, 0) is 14.9 Å². The molecule has 2 fully saturated rings. The van der Waals surface area contributed by atoms with Crippen molar-refractivity contribution in [2.45, 2.75) is 37.1 Å². The van der Waals surface area contributed by atoms with Gasteiger partial charge in [-0.05, 0) is 43.4 Å². The molecule has 29 heavy (non-hydrogen) atoms. The minimum absolute atomic E-state index is 0.0305. The summed E-state index contributed by atoms with van der Waals surface area (Å²) in [5, 5.41) is 14.0. The quantitative estimate of drug-likeness (QED) is 0.826. The van der Waals surface area contributed by atoms with Crippen molar-refractivity contribution in [2.75, 3.05) is 26.3 Å². The fourth-order valence-electron chi connectivity index (χ4n) is 4.44. The van der Waals surface area contributed by atoms with Gasteiger partial charge in [0.15, 0.2) is 0 Å². The molecule has 2 aliphatic rings. The highest BCUT2D eigenvalue weighted by atomic mass is 35.5. The van der Waals surface area contributed by atoms with Gasteiger partial charge in [-0.2, -0.15) is 5.10 Å². The molecule has 2 saturated heterocycles. The van der Waals surface area contributed by atoms with Crippen LogP contribution >= 0.6 is 11.6 Å². The molecule has 0 saturated carbocycles. The number of hydrogen-bond donors (Lipinski definition) is 1. The minimum atomic E-state index is -0.998. The van der Waals surface area contributed by atoms with Crippen LogP contribution in [0.25, 0.3) is 0 Å². The predicted octanol–water partition coefficient (Wildman–Crippen LogP) is 3.15. The Morgan fingerprint density at radius 2 is 2.07 bits per heavy atom. The van der Waals surface area contributed by atoms with Crippen LogP contribution in [0.1, 0.15) is 47.6 Å². The predicted molar refractivity (Wildman–Crippen MR) is 107 cm³/mol. The van der Waals surface area contributed by atoms with Crippen LogP contribution in [0.4, 0.5) is 0 Å². The number of halogens is 1. The van der Waals surface area contributed by atoms with Crippen LogP contribution in [0.3, 0.4) is 0 Å². The molecular weight excluding hydrogens is 394 g/mol. The van der Waals surface area contributed by atoms with E-state index in [9.17, 15) is 9.59 Å². The third-order valence-electron chi connectivity index (χ3n) is 6.04. The third kappa shape index (κ3) is 3.89. The van der Waals surface area contributed by atoms with Gasteiger partial charge in [-0.1, -0.05) is 23.7 Å². The number of benzene rings is 1. The number of rotatable bonds is 4. The van der Waals surface area contributed by atoms with Gasteiger partial charge in [0.2, 0.25) is 5.91 Å². The van der Waals surface area contributed by atoms with E-state index in [4.69, 9.17) is 21.4 Å². The van der Waals surface area contributed by atoms with E-state index in [0.29, 0.717) is 44.2 Å². The monoisotopic (exact) mass is 417 g/mol. The van der Waals surface area contributed by atoms with E-state index in [0.717, 1.165) is 18.4 Å². The van der Waals surface area contributed by atoms with Gasteiger partial charge >= 0.3 is 5.97 Å². The number of nitrogens with zero attached hydrogens (tertiary/aromatic N) is 3. The van der Waals surface area contributed by atoms with Gasteiger partial charge < -0.3 is 14.7 Å². The molecule has 0 radical (unpaired) electrons. The average molecular weight is 418 g/mol. The molecule has 8 heteroatoms. The van der Waals surface area contributed by atoms with E-state index in [1.165, 1.54) is 6.20 Å². The fourth-order valence-corrected chi connectivity index (χ4v) is 4.63. The van der Waals surface area contributed by atoms with Crippen molar-refractivity contribution in [1.29, 1.82) is 0 Å². The number of piperidine rings is 1. The van der Waals surface area contributed by atoms with E-state index in [1.54, 1.807) is 10.9 Å². The lowest BCUT2D eigenvalue weighted by atomic mass is 9.72. The number of carbonyl (C=O) groups is 2. The molecule has 3 heterocycles. The number of aromatic nitrogens is 2. The van der Waals surface area contributed by atoms with Crippen molar-refractivity contribution in [3.05, 3.63) is 52.8 Å². The van der Waals surface area contributed by atoms with Crippen molar-refractivity contribution in [1.82, 2.24) is 14.7 Å². The second-order valence-electron chi connectivity index (χ2n) is 7.77. The van der Waals surface area contributed by atoms with Gasteiger partial charge in [0.25, 0.3) is 0 Å². The third-order valence-corrected chi connectivity index (χ3v) is 6.27. The van der Waals surface area contributed by atoms with Crippen molar-refractivity contribution in [3.8, 4) is 0 Å². The largest absolute Gasteiger partial charge is 0.478 e. The Balaban J connectivity index is 1.59. The van der Waals surface area contributed by atoms with Gasteiger partial charge in [-0.25, -0.2) is 4.79 Å². The molecule has 4 rings (SSSR count). The Hall–Kier alpha value is -2.38. The highest BCUT2D eigenvalue weighted by Gasteiger charge is 2.45. The smallest absolute Gasteiger partial charge is 0.338 e. The first kappa shape index (κ1) is 19.9. The van der Waals surface area contributed by atoms with E-state index >= 15 is 0 Å². The first-order valence-corrected chi connectivity index (χ1v) is 10.3. The summed E-state index contributed by atoms with van der Waals surface area (Å²) in [5.41, 5.74) is 0.461. The zero-order valence-electron chi connectivity index (χ0n) is 16.1. The van der Waals surface area contributed by atoms with Gasteiger partial charge in [0.05, 0.1) is 23.2 Å². The average Bonchev–Trinajstić information content (AvgIpc) is 3.25. The summed E-state index contributed by atoms with van der Waals surface area (Å²) < 4.78 is 7.24. The lowest BCUT2D eigenvalue weighted by Gasteiger charge is -2.42. The zero-order valence-corrected chi connectivity index (χ0v) is 16.8. The molecule has 0 bridgehead atoms. The number of likely N-dealkylation sites (tertiary alicyclic amines) is 1. The van der Waals surface area contributed by atoms with Crippen molar-refractivity contribution >= 4 is 23.5 Å². The van der Waals surface area contributed by atoms with E-state index in [2.05, 4.69) is 5.10 Å². The van der Waals surface area contributed by atoms with E-state index in [1.807, 2.05) is 29.2 Å². The summed E-state index contributed by atoms with van der Waals surface area (Å²) in [6, 6.07) is 7.54. The maximum absolute atomic E-state index is 13.8. The van der Waals surface area contributed by atoms with Gasteiger partial charge in [-0.15, -0.1) is 0 Å². The maximum Gasteiger partial charge on any atom is 0.338 e. The van der Waals surface area contributed by atoms with Gasteiger partial charge in [0.1, 0.15) is 0 Å². The van der Waals surface area contributed by atoms with Crippen molar-refractivity contribution < 1.29 is 19.4 Å². The molecule has 154 valence electrons. The number of carbonyl (C=O) groups excluding carboxylic acids is 1. The molecule has 2 aliphatic heterocycles. The van der Waals surface area contributed by atoms with Gasteiger partial charge in [0, 0.05) is 37.5 Å². The zero-order chi connectivity index (χ0) is 20.4. The molecule has 1 N–H and O–H groups in total. The number of aromatic carboxylic acids is 1. The van der Waals surface area contributed by atoms with Crippen LogP contribution in [0.5, 0.6) is 0 Å². The number of amides is 1. The molecule has 0 aliphatic carbocycles. The number of ether oxygens (including phenoxy) is 1. The number of carboxylic acid groups (broad SMARTS) is 1. The fraction of sp³-hybridized carbons (Fsp3) is 0.476. The lowest BCUT2D eigenvalue weighted by molar-refractivity contribution is -0.143. The van der Waals surface area contributed by atoms with Crippen LogP contribution < -0.4 is 0 Å². The SMILES string of the molecule is O=C(O)c1cnn([C@H]2CCCN(C(=O)C3(c4cccc(Cl)c4)CCOCC3)C2)c1. The van der Waals surface area contributed by atoms with Crippen LogP contribution in [-0.4, -0.2) is 58.0 Å². The number of carboxylic acids is 1. The molecule has 7 nitrogen and oxygen atoms in total. The Kier molecular flexibility index (Phi) is 5.61. The molecule has 1 aromatic heterocycles. The Morgan fingerprint density at radius 3 is 2.76 bits per heavy atom. The standard InChI is InChI=1S/C21H24ClN3O4/c22-17-4-1-3-16(11-17)21(6-9-29-10-7-21)20(28)24-8-2-5-18(14-24)25-13-15(12-23-25)19(26)27/h1,3-4,11-13,18H,2,5-10,14H2,(H,26,27)/t18-/m0/s1. The highest BCUT2D eigenvalue weighted by Crippen LogP contribution is 2.39. The van der Waals surface area contributed by atoms with Crippen LogP contribution in [0.2, 0.25) is 5.02 Å². The highest BCUT2D eigenvalue weighted by molar-refractivity contribution is 6.30. The van der Waals surface area contributed by atoms with Crippen LogP contribution in [0.15, 0.2) is 36.7 Å². The molecule has 1 aromatic carbocycles. The van der Waals surface area contributed by atoms with Crippen LogP contribution in [0, 0.1) is 0 Å². The molecule has 0 spiro atoms. The molecular formula is C21H24ClN3O4. The first-order valence-electron chi connectivity index (χ1n) is 9.90. The Bertz CT molecular complexity index is 907. The minimum Gasteiger partial charge on any atom is -0.478 e. The summed E-state index contributed by atoms with van der Waals surface area (Å²) in [7, 11) is 0. The summed E-state index contributed by atoms with van der Waals surface area (Å²) in [6.07, 6.45) is 5.85. The second kappa shape index (κ2) is 8.16. The first-order chi connectivity index (χ1) is 14.0. The van der Waals surface area contributed by atoms with Crippen molar-refractivity contribution in [3.63, 3.8) is 0 Å². The van der Waals surface area contributed by atoms with Gasteiger partial charge in [-0.3, -0.25) is 9.48 Å². The summed E-state index contributed by atoms with van der Waals surface area (Å²) in [5.74, 6) is -0.902. The second-order valence-corrected chi connectivity index (χ2v) is 8.20. The Labute approximate surface area is 174 Å². The van der Waals surface area contributed by atoms with Crippen molar-refractivity contribution in [2.24, 2.45) is 0 Å². The Morgan fingerprint density at radius 1 is 1.28 bits per heavy atom. The van der Waals surface area contributed by atoms with E-state index in [-0.39, 0.29) is 17.5 Å². The lowest BCUT2D eigenvalue weighted by Crippen LogP contribution is -2.52. The normalized spacial score (nSPS) is 21.7. The summed E-state index contributed by atoms with van der Waals surface area (Å²) >= 11 is 6.23. The molecule has 0 unspecified atom stereocenters. The van der Waals surface area contributed by atoms with E-state index < -0.39 is 11.4 Å².